The standard InChI is InChI=1S/C19H17FN8OS/c1-12-3-6-15(7-4-12)27-11-21-24-19(27)30-10-18(29)22-14-5-8-16(20)17(9-14)28-13(2)23-25-26-28/h3-9,11H,10H2,1-2H3,(H,22,29). The molecule has 4 aromatic rings. The molecule has 0 unspecified atom stereocenters. The summed E-state index contributed by atoms with van der Waals surface area (Å²) in [7, 11) is 0. The maximum atomic E-state index is 14.2. The van der Waals surface area contributed by atoms with Crippen molar-refractivity contribution in [3.8, 4) is 11.4 Å². The number of hydrogen-bond donors (Lipinski definition) is 1. The molecular weight excluding hydrogens is 407 g/mol. The fourth-order valence-corrected chi connectivity index (χ4v) is 3.47. The molecule has 0 aliphatic heterocycles. The second-order valence-electron chi connectivity index (χ2n) is 6.46. The topological polar surface area (TPSA) is 103 Å². The van der Waals surface area contributed by atoms with Gasteiger partial charge in [0.05, 0.1) is 5.75 Å². The number of anilines is 1. The summed E-state index contributed by atoms with van der Waals surface area (Å²) in [5.74, 6) is -0.210. The molecule has 9 nitrogen and oxygen atoms in total. The van der Waals surface area contributed by atoms with E-state index in [2.05, 4.69) is 31.0 Å². The smallest absolute Gasteiger partial charge is 0.234 e. The Bertz CT molecular complexity index is 1190. The van der Waals surface area contributed by atoms with E-state index in [1.54, 1.807) is 13.3 Å². The molecule has 0 spiro atoms. The number of rotatable bonds is 6. The molecule has 0 radical (unpaired) electrons. The molecule has 2 heterocycles. The summed E-state index contributed by atoms with van der Waals surface area (Å²) >= 11 is 1.25. The summed E-state index contributed by atoms with van der Waals surface area (Å²) in [5.41, 5.74) is 2.65. The van der Waals surface area contributed by atoms with Crippen molar-refractivity contribution in [1.82, 2.24) is 35.0 Å². The third-order valence-electron chi connectivity index (χ3n) is 4.24. The Morgan fingerprint density at radius 1 is 1.13 bits per heavy atom. The van der Waals surface area contributed by atoms with Crippen LogP contribution in [-0.4, -0.2) is 46.6 Å². The molecule has 1 amide bonds. The second kappa shape index (κ2) is 8.41. The molecule has 1 N–H and O–H groups in total. The van der Waals surface area contributed by atoms with E-state index in [9.17, 15) is 9.18 Å². The van der Waals surface area contributed by atoms with E-state index in [1.807, 2.05) is 35.8 Å². The molecule has 0 aliphatic carbocycles. The van der Waals surface area contributed by atoms with Gasteiger partial charge in [0.1, 0.15) is 17.8 Å². The van der Waals surface area contributed by atoms with Crippen molar-refractivity contribution in [1.29, 1.82) is 0 Å². The summed E-state index contributed by atoms with van der Waals surface area (Å²) in [6.07, 6.45) is 1.60. The zero-order valence-electron chi connectivity index (χ0n) is 16.2. The van der Waals surface area contributed by atoms with Crippen molar-refractivity contribution in [2.45, 2.75) is 19.0 Å². The average Bonchev–Trinajstić information content (AvgIpc) is 3.37. The SMILES string of the molecule is Cc1ccc(-n2cnnc2SCC(=O)Nc2ccc(F)c(-n3nnnc3C)c2)cc1. The van der Waals surface area contributed by atoms with Gasteiger partial charge in [-0.1, -0.05) is 29.5 Å². The lowest BCUT2D eigenvalue weighted by Crippen LogP contribution is -2.15. The van der Waals surface area contributed by atoms with Crippen molar-refractivity contribution in [2.75, 3.05) is 11.1 Å². The van der Waals surface area contributed by atoms with Gasteiger partial charge in [-0.3, -0.25) is 9.36 Å². The molecule has 0 fully saturated rings. The predicted octanol–water partition coefficient (Wildman–Crippen LogP) is 2.73. The maximum absolute atomic E-state index is 14.2. The molecule has 30 heavy (non-hydrogen) atoms. The van der Waals surface area contributed by atoms with Gasteiger partial charge in [0.15, 0.2) is 11.0 Å². The summed E-state index contributed by atoms with van der Waals surface area (Å²) in [6.45, 7) is 3.67. The van der Waals surface area contributed by atoms with E-state index in [4.69, 9.17) is 0 Å². The van der Waals surface area contributed by atoms with Crippen LogP contribution in [0, 0.1) is 19.7 Å². The number of tetrazole rings is 1. The Balaban J connectivity index is 1.44. The number of amides is 1. The Labute approximate surface area is 175 Å². The predicted molar refractivity (Wildman–Crippen MR) is 109 cm³/mol. The third kappa shape index (κ3) is 4.20. The molecule has 4 rings (SSSR count). The van der Waals surface area contributed by atoms with E-state index in [-0.39, 0.29) is 17.3 Å². The summed E-state index contributed by atoms with van der Waals surface area (Å²) in [5, 5.41) is 22.4. The van der Waals surface area contributed by atoms with Crippen molar-refractivity contribution >= 4 is 23.4 Å². The third-order valence-corrected chi connectivity index (χ3v) is 5.19. The Hall–Kier alpha value is -3.60. The van der Waals surface area contributed by atoms with Crippen LogP contribution in [0.4, 0.5) is 10.1 Å². The number of hydrogen-bond acceptors (Lipinski definition) is 7. The van der Waals surface area contributed by atoms with Gasteiger partial charge in [-0.2, -0.15) is 4.68 Å². The first-order valence-electron chi connectivity index (χ1n) is 8.96. The van der Waals surface area contributed by atoms with Gasteiger partial charge in [0.2, 0.25) is 5.91 Å². The molecule has 11 heteroatoms. The van der Waals surface area contributed by atoms with Crippen LogP contribution in [0.3, 0.4) is 0 Å². The lowest BCUT2D eigenvalue weighted by Gasteiger charge is -2.09. The molecule has 152 valence electrons. The number of thioether (sulfide) groups is 1. The quantitative estimate of drug-likeness (QED) is 0.475. The first-order chi connectivity index (χ1) is 14.5. The highest BCUT2D eigenvalue weighted by Crippen LogP contribution is 2.22. The maximum Gasteiger partial charge on any atom is 0.234 e. The molecule has 0 atom stereocenters. The lowest BCUT2D eigenvalue weighted by molar-refractivity contribution is -0.113. The molecule has 0 saturated heterocycles. The van der Waals surface area contributed by atoms with Crippen LogP contribution in [0.15, 0.2) is 53.9 Å². The Morgan fingerprint density at radius 2 is 1.93 bits per heavy atom. The highest BCUT2D eigenvalue weighted by molar-refractivity contribution is 7.99. The van der Waals surface area contributed by atoms with Crippen molar-refractivity contribution in [2.24, 2.45) is 0 Å². The number of aryl methyl sites for hydroxylation is 2. The number of nitrogens with one attached hydrogen (secondary N) is 1. The fraction of sp³-hybridized carbons (Fsp3) is 0.158. The molecule has 0 saturated carbocycles. The minimum atomic E-state index is -0.496. The minimum Gasteiger partial charge on any atom is -0.325 e. The first kappa shape index (κ1) is 19.7. The zero-order valence-corrected chi connectivity index (χ0v) is 17.0. The first-order valence-corrected chi connectivity index (χ1v) is 9.94. The van der Waals surface area contributed by atoms with Crippen LogP contribution in [0.1, 0.15) is 11.4 Å². The number of carbonyl (C=O) groups is 1. The van der Waals surface area contributed by atoms with Gasteiger partial charge in [-0.15, -0.1) is 15.3 Å². The second-order valence-corrected chi connectivity index (χ2v) is 7.40. The van der Waals surface area contributed by atoms with Gasteiger partial charge >= 0.3 is 0 Å². The highest BCUT2D eigenvalue weighted by atomic mass is 32.2. The number of nitrogens with zero attached hydrogens (tertiary/aromatic N) is 7. The van der Waals surface area contributed by atoms with Gasteiger partial charge < -0.3 is 5.32 Å². The number of benzene rings is 2. The summed E-state index contributed by atoms with van der Waals surface area (Å²) in [4.78, 5) is 12.4. The van der Waals surface area contributed by atoms with Crippen LogP contribution in [0.25, 0.3) is 11.4 Å². The van der Waals surface area contributed by atoms with E-state index in [0.717, 1.165) is 11.3 Å². The zero-order chi connectivity index (χ0) is 21.1. The highest BCUT2D eigenvalue weighted by Gasteiger charge is 2.13. The Kier molecular flexibility index (Phi) is 5.53. The van der Waals surface area contributed by atoms with E-state index in [0.29, 0.717) is 16.7 Å². The van der Waals surface area contributed by atoms with Crippen molar-refractivity contribution in [3.63, 3.8) is 0 Å². The van der Waals surface area contributed by atoms with Crippen molar-refractivity contribution < 1.29 is 9.18 Å². The summed E-state index contributed by atoms with van der Waals surface area (Å²) < 4.78 is 17.2. The molecule has 0 bridgehead atoms. The van der Waals surface area contributed by atoms with Crippen molar-refractivity contribution in [3.05, 3.63) is 66.0 Å². The van der Waals surface area contributed by atoms with E-state index in [1.165, 1.54) is 34.6 Å². The fourth-order valence-electron chi connectivity index (χ4n) is 2.74. The minimum absolute atomic E-state index is 0.112. The van der Waals surface area contributed by atoms with Crippen LogP contribution in [0.5, 0.6) is 0 Å². The Morgan fingerprint density at radius 3 is 2.67 bits per heavy atom. The van der Waals surface area contributed by atoms with Crippen LogP contribution < -0.4 is 5.32 Å². The average molecular weight is 424 g/mol. The number of halogens is 1. The van der Waals surface area contributed by atoms with Gasteiger partial charge in [0.25, 0.3) is 0 Å². The monoisotopic (exact) mass is 424 g/mol. The van der Waals surface area contributed by atoms with Gasteiger partial charge in [-0.25, -0.2) is 4.39 Å². The molecular formula is C19H17FN8OS. The summed E-state index contributed by atoms with van der Waals surface area (Å²) in [6, 6.07) is 12.1. The van der Waals surface area contributed by atoms with E-state index < -0.39 is 5.82 Å². The lowest BCUT2D eigenvalue weighted by atomic mass is 10.2. The van der Waals surface area contributed by atoms with Crippen LogP contribution in [0.2, 0.25) is 0 Å². The normalized spacial score (nSPS) is 10.9. The van der Waals surface area contributed by atoms with Crippen LogP contribution in [-0.2, 0) is 4.79 Å². The number of aromatic nitrogens is 7. The largest absolute Gasteiger partial charge is 0.325 e. The van der Waals surface area contributed by atoms with Crippen LogP contribution >= 0.6 is 11.8 Å². The van der Waals surface area contributed by atoms with Gasteiger partial charge in [0, 0.05) is 11.4 Å². The molecule has 2 aromatic heterocycles. The number of carbonyl (C=O) groups excluding carboxylic acids is 1. The molecule has 2 aromatic carbocycles. The van der Waals surface area contributed by atoms with E-state index >= 15 is 0 Å². The molecule has 0 aliphatic rings. The van der Waals surface area contributed by atoms with Gasteiger partial charge in [-0.05, 0) is 54.6 Å².